The van der Waals surface area contributed by atoms with E-state index in [0.29, 0.717) is 18.1 Å². The molecule has 0 unspecified atom stereocenters. The van der Waals surface area contributed by atoms with Gasteiger partial charge in [0.25, 0.3) is 0 Å². The molecule has 4 N–H and O–H groups in total. The number of nitrogens with one attached hydrogen (secondary N) is 1. The Morgan fingerprint density at radius 3 is 2.62 bits per heavy atom. The maximum atomic E-state index is 9.04. The van der Waals surface area contributed by atoms with Crippen molar-refractivity contribution in [1.82, 2.24) is 14.9 Å². The smallest absolute Gasteiger partial charge is 0.159 e. The number of nitrogen functional groups attached to an aromatic ring is 1. The number of nitrogens with zero attached hydrogens (tertiary/aromatic N) is 4. The number of piperazine rings is 1. The number of nitrogens with two attached hydrogens (primary N) is 1. The van der Waals surface area contributed by atoms with Crippen molar-refractivity contribution >= 4 is 38.9 Å². The molecule has 0 radical (unpaired) electrons. The third-order valence-corrected chi connectivity index (χ3v) is 4.77. The molecule has 7 nitrogen and oxygen atoms in total. The standard InChI is InChI=1S/C16H21BrN6O/c17-12-3-1-2-4-13(12)21-15-14(18)16(20-11-19-15)23-7-5-22(6-8-23)9-10-24/h1-4,11,24H,5-10,18H2,(H,19,20,21). The van der Waals surface area contributed by atoms with Crippen molar-refractivity contribution in [1.29, 1.82) is 0 Å². The number of para-hydroxylation sites is 1. The number of β-amino-alcohol motifs (C(OH)–C–C–N with tert-alkyl or cyclic N) is 1. The number of halogens is 1. The van der Waals surface area contributed by atoms with Gasteiger partial charge in [0.15, 0.2) is 11.6 Å². The molecule has 0 spiro atoms. The Morgan fingerprint density at radius 2 is 1.92 bits per heavy atom. The molecule has 1 aliphatic rings. The molecule has 1 aromatic heterocycles. The minimum Gasteiger partial charge on any atom is -0.395 e. The average molecular weight is 393 g/mol. The highest BCUT2D eigenvalue weighted by molar-refractivity contribution is 9.10. The Balaban J connectivity index is 1.76. The first-order valence-electron chi connectivity index (χ1n) is 7.89. The van der Waals surface area contributed by atoms with Gasteiger partial charge in [0.1, 0.15) is 12.0 Å². The van der Waals surface area contributed by atoms with E-state index >= 15 is 0 Å². The minimum atomic E-state index is 0.190. The molecule has 128 valence electrons. The number of rotatable bonds is 5. The Morgan fingerprint density at radius 1 is 1.17 bits per heavy atom. The normalized spacial score (nSPS) is 15.5. The fourth-order valence-corrected chi connectivity index (χ4v) is 3.14. The fraction of sp³-hybridized carbons (Fsp3) is 0.375. The average Bonchev–Trinajstić information content (AvgIpc) is 2.60. The van der Waals surface area contributed by atoms with Crippen molar-refractivity contribution in [2.45, 2.75) is 0 Å². The predicted octanol–water partition coefficient (Wildman–Crippen LogP) is 1.68. The summed E-state index contributed by atoms with van der Waals surface area (Å²) >= 11 is 3.51. The van der Waals surface area contributed by atoms with E-state index in [4.69, 9.17) is 10.8 Å². The van der Waals surface area contributed by atoms with Crippen LogP contribution < -0.4 is 16.0 Å². The summed E-state index contributed by atoms with van der Waals surface area (Å²) in [5.74, 6) is 1.35. The summed E-state index contributed by atoms with van der Waals surface area (Å²) in [6.07, 6.45) is 1.53. The molecule has 0 bridgehead atoms. The lowest BCUT2D eigenvalue weighted by molar-refractivity contribution is 0.188. The third-order valence-electron chi connectivity index (χ3n) is 4.08. The first-order chi connectivity index (χ1) is 11.7. The maximum absolute atomic E-state index is 9.04. The van der Waals surface area contributed by atoms with Gasteiger partial charge in [-0.25, -0.2) is 9.97 Å². The number of benzene rings is 1. The SMILES string of the molecule is Nc1c(Nc2ccccc2Br)ncnc1N1CCN(CCO)CC1. The molecule has 0 saturated carbocycles. The van der Waals surface area contributed by atoms with Crippen LogP contribution in [0.1, 0.15) is 0 Å². The topological polar surface area (TPSA) is 90.5 Å². The van der Waals surface area contributed by atoms with Crippen molar-refractivity contribution in [3.63, 3.8) is 0 Å². The van der Waals surface area contributed by atoms with Crippen LogP contribution in [0.4, 0.5) is 23.0 Å². The molecule has 1 aliphatic heterocycles. The third kappa shape index (κ3) is 3.77. The van der Waals surface area contributed by atoms with Crippen LogP contribution in [-0.4, -0.2) is 59.3 Å². The molecule has 1 saturated heterocycles. The zero-order valence-corrected chi connectivity index (χ0v) is 14.9. The van der Waals surface area contributed by atoms with E-state index in [-0.39, 0.29) is 6.61 Å². The van der Waals surface area contributed by atoms with E-state index in [0.717, 1.165) is 42.2 Å². The summed E-state index contributed by atoms with van der Waals surface area (Å²) in [4.78, 5) is 13.0. The molecule has 8 heteroatoms. The fourth-order valence-electron chi connectivity index (χ4n) is 2.75. The minimum absolute atomic E-state index is 0.190. The number of hydrogen-bond donors (Lipinski definition) is 3. The Hall–Kier alpha value is -1.90. The van der Waals surface area contributed by atoms with Crippen LogP contribution in [0.15, 0.2) is 35.1 Å². The van der Waals surface area contributed by atoms with Crippen molar-refractivity contribution in [3.8, 4) is 0 Å². The van der Waals surface area contributed by atoms with Crippen LogP contribution in [0.3, 0.4) is 0 Å². The van der Waals surface area contributed by atoms with E-state index in [1.807, 2.05) is 24.3 Å². The van der Waals surface area contributed by atoms with Crippen LogP contribution in [0.25, 0.3) is 0 Å². The van der Waals surface area contributed by atoms with Gasteiger partial charge in [-0.3, -0.25) is 4.90 Å². The van der Waals surface area contributed by atoms with Gasteiger partial charge >= 0.3 is 0 Å². The zero-order chi connectivity index (χ0) is 16.9. The van der Waals surface area contributed by atoms with Crippen molar-refractivity contribution in [3.05, 3.63) is 35.1 Å². The molecule has 0 atom stereocenters. The van der Waals surface area contributed by atoms with Crippen LogP contribution in [-0.2, 0) is 0 Å². The van der Waals surface area contributed by atoms with Gasteiger partial charge in [0.2, 0.25) is 0 Å². The van der Waals surface area contributed by atoms with Crippen molar-refractivity contribution in [2.24, 2.45) is 0 Å². The first-order valence-corrected chi connectivity index (χ1v) is 8.68. The molecular weight excluding hydrogens is 372 g/mol. The summed E-state index contributed by atoms with van der Waals surface area (Å²) in [7, 11) is 0. The molecule has 2 aromatic rings. The highest BCUT2D eigenvalue weighted by atomic mass is 79.9. The number of hydrogen-bond acceptors (Lipinski definition) is 7. The summed E-state index contributed by atoms with van der Waals surface area (Å²) in [6, 6.07) is 7.82. The second-order valence-corrected chi connectivity index (χ2v) is 6.47. The van der Waals surface area contributed by atoms with E-state index in [1.54, 1.807) is 0 Å². The number of aliphatic hydroxyl groups excluding tert-OH is 1. The van der Waals surface area contributed by atoms with Gasteiger partial charge in [-0.1, -0.05) is 12.1 Å². The van der Waals surface area contributed by atoms with E-state index < -0.39 is 0 Å². The molecule has 0 amide bonds. The van der Waals surface area contributed by atoms with Gasteiger partial charge < -0.3 is 21.1 Å². The van der Waals surface area contributed by atoms with Crippen molar-refractivity contribution < 1.29 is 5.11 Å². The molecular formula is C16H21BrN6O. The molecule has 1 fully saturated rings. The molecule has 2 heterocycles. The quantitative estimate of drug-likeness (QED) is 0.712. The number of aliphatic hydroxyl groups is 1. The van der Waals surface area contributed by atoms with E-state index in [1.165, 1.54) is 6.33 Å². The van der Waals surface area contributed by atoms with Crippen LogP contribution in [0, 0.1) is 0 Å². The molecule has 3 rings (SSSR count). The summed E-state index contributed by atoms with van der Waals surface area (Å²) in [5.41, 5.74) is 7.76. The zero-order valence-electron chi connectivity index (χ0n) is 13.3. The summed E-state index contributed by atoms with van der Waals surface area (Å²) < 4.78 is 0.946. The van der Waals surface area contributed by atoms with E-state index in [9.17, 15) is 0 Å². The highest BCUT2D eigenvalue weighted by Crippen LogP contribution is 2.31. The van der Waals surface area contributed by atoms with Crippen molar-refractivity contribution in [2.75, 3.05) is 55.3 Å². The number of anilines is 4. The van der Waals surface area contributed by atoms with Gasteiger partial charge in [-0.05, 0) is 28.1 Å². The van der Waals surface area contributed by atoms with Gasteiger partial charge in [0.05, 0.1) is 12.3 Å². The second-order valence-electron chi connectivity index (χ2n) is 5.62. The molecule has 0 aliphatic carbocycles. The van der Waals surface area contributed by atoms with Gasteiger partial charge in [-0.2, -0.15) is 0 Å². The van der Waals surface area contributed by atoms with Crippen LogP contribution in [0.5, 0.6) is 0 Å². The lowest BCUT2D eigenvalue weighted by Crippen LogP contribution is -2.47. The van der Waals surface area contributed by atoms with Gasteiger partial charge in [-0.15, -0.1) is 0 Å². The van der Waals surface area contributed by atoms with Gasteiger partial charge in [0, 0.05) is 37.2 Å². The summed E-state index contributed by atoms with van der Waals surface area (Å²) in [6.45, 7) is 4.33. The molecule has 1 aromatic carbocycles. The Bertz CT molecular complexity index is 690. The Labute approximate surface area is 149 Å². The number of aromatic nitrogens is 2. The highest BCUT2D eigenvalue weighted by Gasteiger charge is 2.21. The maximum Gasteiger partial charge on any atom is 0.159 e. The van der Waals surface area contributed by atoms with E-state index in [2.05, 4.69) is 41.0 Å². The lowest BCUT2D eigenvalue weighted by Gasteiger charge is -2.35. The lowest BCUT2D eigenvalue weighted by atomic mass is 10.2. The van der Waals surface area contributed by atoms with Crippen LogP contribution >= 0.6 is 15.9 Å². The first kappa shape index (κ1) is 16.9. The largest absolute Gasteiger partial charge is 0.395 e. The van der Waals surface area contributed by atoms with Crippen LogP contribution in [0.2, 0.25) is 0 Å². The Kier molecular flexibility index (Phi) is 5.49. The monoisotopic (exact) mass is 392 g/mol. The molecule has 24 heavy (non-hydrogen) atoms. The predicted molar refractivity (Wildman–Crippen MR) is 99.6 cm³/mol. The second kappa shape index (κ2) is 7.78. The summed E-state index contributed by atoms with van der Waals surface area (Å²) in [5, 5.41) is 12.3.